The molecule has 1 amide bonds. The van der Waals surface area contributed by atoms with Gasteiger partial charge in [0.2, 0.25) is 5.91 Å². The summed E-state index contributed by atoms with van der Waals surface area (Å²) in [5, 5.41) is 6.17. The van der Waals surface area contributed by atoms with Gasteiger partial charge in [0.05, 0.1) is 29.9 Å². The molecular formula is C18H19ClN2O3. The topological polar surface area (TPSA) is 67.4 Å². The second kappa shape index (κ2) is 7.84. The zero-order valence-electron chi connectivity index (χ0n) is 13.8. The van der Waals surface area contributed by atoms with E-state index in [1.165, 1.54) is 13.2 Å². The molecule has 0 saturated carbocycles. The molecule has 0 heterocycles. The number of rotatable bonds is 5. The van der Waals surface area contributed by atoms with Crippen molar-refractivity contribution < 1.29 is 14.3 Å². The fourth-order valence-electron chi connectivity index (χ4n) is 2.32. The molecule has 0 radical (unpaired) electrons. The third-order valence-electron chi connectivity index (χ3n) is 3.57. The van der Waals surface area contributed by atoms with Crippen molar-refractivity contribution in [1.82, 2.24) is 0 Å². The Bertz CT molecular complexity index is 755. The summed E-state index contributed by atoms with van der Waals surface area (Å²) in [5.41, 5.74) is 3.75. The Hall–Kier alpha value is -2.53. The van der Waals surface area contributed by atoms with Crippen molar-refractivity contribution in [3.63, 3.8) is 0 Å². The molecule has 0 aromatic heterocycles. The number of anilines is 2. The number of esters is 1. The predicted molar refractivity (Wildman–Crippen MR) is 95.8 cm³/mol. The highest BCUT2D eigenvalue weighted by Crippen LogP contribution is 2.24. The summed E-state index contributed by atoms with van der Waals surface area (Å²) in [6.45, 7) is 4.04. The molecule has 24 heavy (non-hydrogen) atoms. The highest BCUT2D eigenvalue weighted by molar-refractivity contribution is 6.33. The van der Waals surface area contributed by atoms with Crippen molar-refractivity contribution in [2.45, 2.75) is 13.8 Å². The molecule has 0 atom stereocenters. The summed E-state index contributed by atoms with van der Waals surface area (Å²) < 4.78 is 4.66. The highest BCUT2D eigenvalue weighted by atomic mass is 35.5. The normalized spacial score (nSPS) is 10.2. The molecule has 0 saturated heterocycles. The van der Waals surface area contributed by atoms with Gasteiger partial charge in [-0.05, 0) is 43.2 Å². The molecule has 2 aromatic carbocycles. The average molecular weight is 347 g/mol. The number of benzene rings is 2. The lowest BCUT2D eigenvalue weighted by Gasteiger charge is -2.13. The van der Waals surface area contributed by atoms with E-state index < -0.39 is 5.97 Å². The van der Waals surface area contributed by atoms with Gasteiger partial charge in [-0.1, -0.05) is 29.8 Å². The monoisotopic (exact) mass is 346 g/mol. The molecule has 0 aliphatic carbocycles. The molecule has 2 aromatic rings. The number of para-hydroxylation sites is 1. The summed E-state index contributed by atoms with van der Waals surface area (Å²) in [7, 11) is 1.30. The van der Waals surface area contributed by atoms with E-state index in [9.17, 15) is 9.59 Å². The quantitative estimate of drug-likeness (QED) is 0.808. The van der Waals surface area contributed by atoms with E-state index in [4.69, 9.17) is 11.6 Å². The van der Waals surface area contributed by atoms with E-state index in [0.717, 1.165) is 16.8 Å². The standard InChI is InChI=1S/C18H19ClN2O3/c1-11-5-4-6-12(2)17(11)20-10-16(22)21-15-9-13(18(23)24-3)7-8-14(15)19/h4-9,20H,10H2,1-3H3,(H,21,22). The lowest BCUT2D eigenvalue weighted by atomic mass is 10.1. The third-order valence-corrected chi connectivity index (χ3v) is 3.90. The van der Waals surface area contributed by atoms with Crippen molar-refractivity contribution in [3.8, 4) is 0 Å². The second-order valence-corrected chi connectivity index (χ2v) is 5.76. The molecule has 0 spiro atoms. The number of amides is 1. The molecular weight excluding hydrogens is 328 g/mol. The maximum atomic E-state index is 12.2. The summed E-state index contributed by atoms with van der Waals surface area (Å²) in [5.74, 6) is -0.752. The minimum atomic E-state index is -0.490. The van der Waals surface area contributed by atoms with E-state index in [-0.39, 0.29) is 12.5 Å². The molecule has 2 N–H and O–H groups in total. The number of hydrogen-bond acceptors (Lipinski definition) is 4. The number of nitrogens with one attached hydrogen (secondary N) is 2. The zero-order chi connectivity index (χ0) is 17.7. The Kier molecular flexibility index (Phi) is 5.82. The number of halogens is 1. The van der Waals surface area contributed by atoms with Gasteiger partial charge >= 0.3 is 5.97 Å². The van der Waals surface area contributed by atoms with Crippen molar-refractivity contribution in [3.05, 3.63) is 58.1 Å². The molecule has 0 aliphatic rings. The van der Waals surface area contributed by atoms with Crippen LogP contribution in [0.3, 0.4) is 0 Å². The maximum Gasteiger partial charge on any atom is 0.337 e. The van der Waals surface area contributed by atoms with E-state index in [2.05, 4.69) is 15.4 Å². The van der Waals surface area contributed by atoms with Gasteiger partial charge in [0.15, 0.2) is 0 Å². The van der Waals surface area contributed by atoms with E-state index in [0.29, 0.717) is 16.3 Å². The molecule has 5 nitrogen and oxygen atoms in total. The van der Waals surface area contributed by atoms with Gasteiger partial charge in [-0.15, -0.1) is 0 Å². The number of carbonyl (C=O) groups is 2. The van der Waals surface area contributed by atoms with Gasteiger partial charge in [0.1, 0.15) is 0 Å². The van der Waals surface area contributed by atoms with Crippen LogP contribution in [0.1, 0.15) is 21.5 Å². The smallest absolute Gasteiger partial charge is 0.337 e. The summed E-state index contributed by atoms with van der Waals surface area (Å²) >= 11 is 6.07. The first kappa shape index (κ1) is 17.8. The van der Waals surface area contributed by atoms with Crippen LogP contribution in [0.15, 0.2) is 36.4 Å². The minimum Gasteiger partial charge on any atom is -0.465 e. The van der Waals surface area contributed by atoms with Crippen LogP contribution in [-0.4, -0.2) is 25.5 Å². The molecule has 6 heteroatoms. The Morgan fingerprint density at radius 3 is 2.42 bits per heavy atom. The Labute approximate surface area is 146 Å². The summed E-state index contributed by atoms with van der Waals surface area (Å²) in [4.78, 5) is 23.7. The number of methoxy groups -OCH3 is 1. The second-order valence-electron chi connectivity index (χ2n) is 5.35. The first-order valence-corrected chi connectivity index (χ1v) is 7.78. The van der Waals surface area contributed by atoms with Gasteiger partial charge in [0.25, 0.3) is 0 Å². The number of hydrogen-bond donors (Lipinski definition) is 2. The van der Waals surface area contributed by atoms with Crippen molar-refractivity contribution in [1.29, 1.82) is 0 Å². The van der Waals surface area contributed by atoms with Crippen molar-refractivity contribution in [2.75, 3.05) is 24.3 Å². The summed E-state index contributed by atoms with van der Waals surface area (Å²) in [6.07, 6.45) is 0. The number of aryl methyl sites for hydroxylation is 2. The largest absolute Gasteiger partial charge is 0.465 e. The van der Waals surface area contributed by atoms with Gasteiger partial charge in [-0.25, -0.2) is 4.79 Å². The van der Waals surface area contributed by atoms with Crippen LogP contribution >= 0.6 is 11.6 Å². The minimum absolute atomic E-state index is 0.0878. The van der Waals surface area contributed by atoms with Crippen LogP contribution < -0.4 is 10.6 Å². The SMILES string of the molecule is COC(=O)c1ccc(Cl)c(NC(=O)CNc2c(C)cccc2C)c1. The molecule has 0 bridgehead atoms. The van der Waals surface area contributed by atoms with E-state index in [1.807, 2.05) is 32.0 Å². The highest BCUT2D eigenvalue weighted by Gasteiger charge is 2.12. The zero-order valence-corrected chi connectivity index (χ0v) is 14.5. The van der Waals surface area contributed by atoms with Gasteiger partial charge in [-0.2, -0.15) is 0 Å². The number of carbonyl (C=O) groups excluding carboxylic acids is 2. The third kappa shape index (κ3) is 4.26. The average Bonchev–Trinajstić information content (AvgIpc) is 2.55. The lowest BCUT2D eigenvalue weighted by Crippen LogP contribution is -2.22. The number of ether oxygens (including phenoxy) is 1. The fourth-order valence-corrected chi connectivity index (χ4v) is 2.49. The molecule has 0 aliphatic heterocycles. The van der Waals surface area contributed by atoms with Crippen LogP contribution in [0.4, 0.5) is 11.4 Å². The van der Waals surface area contributed by atoms with Gasteiger partial charge < -0.3 is 15.4 Å². The molecule has 0 fully saturated rings. The predicted octanol–water partition coefficient (Wildman–Crippen LogP) is 3.79. The van der Waals surface area contributed by atoms with E-state index >= 15 is 0 Å². The van der Waals surface area contributed by atoms with Crippen LogP contribution in [0, 0.1) is 13.8 Å². The van der Waals surface area contributed by atoms with Crippen LogP contribution in [-0.2, 0) is 9.53 Å². The van der Waals surface area contributed by atoms with Gasteiger partial charge in [0, 0.05) is 5.69 Å². The molecule has 126 valence electrons. The van der Waals surface area contributed by atoms with Crippen LogP contribution in [0.25, 0.3) is 0 Å². The van der Waals surface area contributed by atoms with Crippen molar-refractivity contribution >= 4 is 34.9 Å². The van der Waals surface area contributed by atoms with Crippen molar-refractivity contribution in [2.24, 2.45) is 0 Å². The van der Waals surface area contributed by atoms with E-state index in [1.54, 1.807) is 12.1 Å². The molecule has 2 rings (SSSR count). The fraction of sp³-hybridized carbons (Fsp3) is 0.222. The Morgan fingerprint density at radius 2 is 1.79 bits per heavy atom. The Balaban J connectivity index is 2.06. The lowest BCUT2D eigenvalue weighted by molar-refractivity contribution is -0.114. The Morgan fingerprint density at radius 1 is 1.12 bits per heavy atom. The van der Waals surface area contributed by atoms with Crippen LogP contribution in [0.2, 0.25) is 5.02 Å². The summed E-state index contributed by atoms with van der Waals surface area (Å²) in [6, 6.07) is 10.5. The first-order chi connectivity index (χ1) is 11.4. The first-order valence-electron chi connectivity index (χ1n) is 7.40. The van der Waals surface area contributed by atoms with Gasteiger partial charge in [-0.3, -0.25) is 4.79 Å². The maximum absolute atomic E-state index is 12.2. The van der Waals surface area contributed by atoms with Crippen LogP contribution in [0.5, 0.6) is 0 Å². The molecule has 0 unspecified atom stereocenters.